The number of nitrogens with zero attached hydrogens (tertiary/aromatic N) is 2. The maximum Gasteiger partial charge on any atom is 0.262 e. The van der Waals surface area contributed by atoms with Crippen LogP contribution in [0.3, 0.4) is 0 Å². The van der Waals surface area contributed by atoms with E-state index in [1.807, 2.05) is 13.8 Å². The van der Waals surface area contributed by atoms with Crippen molar-refractivity contribution in [2.75, 3.05) is 11.9 Å². The van der Waals surface area contributed by atoms with Crippen LogP contribution in [-0.4, -0.2) is 33.4 Å². The first-order valence-electron chi connectivity index (χ1n) is 10.3. The first-order chi connectivity index (χ1) is 15.2. The van der Waals surface area contributed by atoms with Gasteiger partial charge in [0.1, 0.15) is 5.82 Å². The zero-order valence-electron chi connectivity index (χ0n) is 18.1. The fraction of sp³-hybridized carbons (Fsp3) is 0.348. The SMILES string of the molecule is CC(C)OCCCn1c(SC(C)C(=O)Nc2ccc(F)cc2)nc2cc(Cl)ccc2c1=O. The van der Waals surface area contributed by atoms with E-state index in [2.05, 4.69) is 10.3 Å². The first-order valence-corrected chi connectivity index (χ1v) is 11.5. The largest absolute Gasteiger partial charge is 0.379 e. The van der Waals surface area contributed by atoms with Crippen molar-refractivity contribution in [3.8, 4) is 0 Å². The van der Waals surface area contributed by atoms with Crippen LogP contribution in [0.25, 0.3) is 10.9 Å². The summed E-state index contributed by atoms with van der Waals surface area (Å²) in [7, 11) is 0. The van der Waals surface area contributed by atoms with Crippen LogP contribution in [0.1, 0.15) is 27.2 Å². The molecule has 3 rings (SSSR count). The highest BCUT2D eigenvalue weighted by Gasteiger charge is 2.20. The van der Waals surface area contributed by atoms with Crippen molar-refractivity contribution in [3.05, 3.63) is 63.7 Å². The van der Waals surface area contributed by atoms with Gasteiger partial charge < -0.3 is 10.1 Å². The highest BCUT2D eigenvalue weighted by molar-refractivity contribution is 8.00. The van der Waals surface area contributed by atoms with Crippen LogP contribution >= 0.6 is 23.4 Å². The lowest BCUT2D eigenvalue weighted by molar-refractivity contribution is -0.115. The molecule has 1 atom stereocenters. The Morgan fingerprint density at radius 1 is 1.22 bits per heavy atom. The molecule has 9 heteroatoms. The van der Waals surface area contributed by atoms with E-state index < -0.39 is 5.25 Å². The topological polar surface area (TPSA) is 73.2 Å². The van der Waals surface area contributed by atoms with Gasteiger partial charge in [-0.15, -0.1) is 0 Å². The smallest absolute Gasteiger partial charge is 0.262 e. The quantitative estimate of drug-likeness (QED) is 0.263. The van der Waals surface area contributed by atoms with Gasteiger partial charge in [0.2, 0.25) is 5.91 Å². The normalized spacial score (nSPS) is 12.3. The zero-order chi connectivity index (χ0) is 23.3. The van der Waals surface area contributed by atoms with Crippen molar-refractivity contribution in [2.45, 2.75) is 50.2 Å². The molecule has 0 aliphatic carbocycles. The Morgan fingerprint density at radius 3 is 2.62 bits per heavy atom. The van der Waals surface area contributed by atoms with Crippen LogP contribution in [-0.2, 0) is 16.1 Å². The van der Waals surface area contributed by atoms with E-state index in [0.717, 1.165) is 0 Å². The molecule has 1 aromatic heterocycles. The van der Waals surface area contributed by atoms with Gasteiger partial charge in [-0.3, -0.25) is 14.2 Å². The summed E-state index contributed by atoms with van der Waals surface area (Å²) in [5.74, 6) is -0.661. The lowest BCUT2D eigenvalue weighted by Crippen LogP contribution is -2.27. The van der Waals surface area contributed by atoms with Crippen molar-refractivity contribution in [1.82, 2.24) is 9.55 Å². The minimum Gasteiger partial charge on any atom is -0.379 e. The zero-order valence-corrected chi connectivity index (χ0v) is 19.7. The van der Waals surface area contributed by atoms with Crippen LogP contribution in [0, 0.1) is 5.82 Å². The van der Waals surface area contributed by atoms with Gasteiger partial charge in [-0.25, -0.2) is 9.37 Å². The number of amides is 1. The summed E-state index contributed by atoms with van der Waals surface area (Å²) < 4.78 is 20.3. The van der Waals surface area contributed by atoms with Crippen LogP contribution in [0.4, 0.5) is 10.1 Å². The highest BCUT2D eigenvalue weighted by atomic mass is 35.5. The Morgan fingerprint density at radius 2 is 1.94 bits per heavy atom. The summed E-state index contributed by atoms with van der Waals surface area (Å²) in [6.45, 7) is 6.55. The number of hydrogen-bond acceptors (Lipinski definition) is 5. The summed E-state index contributed by atoms with van der Waals surface area (Å²) in [6.07, 6.45) is 0.732. The lowest BCUT2D eigenvalue weighted by Gasteiger charge is -2.17. The van der Waals surface area contributed by atoms with Crippen LogP contribution in [0.5, 0.6) is 0 Å². The molecule has 1 N–H and O–H groups in total. The van der Waals surface area contributed by atoms with Gasteiger partial charge in [0, 0.05) is 23.9 Å². The molecule has 32 heavy (non-hydrogen) atoms. The Kier molecular flexibility index (Phi) is 8.28. The van der Waals surface area contributed by atoms with Gasteiger partial charge in [0.25, 0.3) is 5.56 Å². The number of carbonyl (C=O) groups is 1. The number of aromatic nitrogens is 2. The Balaban J connectivity index is 1.84. The van der Waals surface area contributed by atoms with Crippen molar-refractivity contribution < 1.29 is 13.9 Å². The number of halogens is 2. The number of carbonyl (C=O) groups excluding carboxylic acids is 1. The molecule has 1 unspecified atom stereocenters. The molecule has 0 aliphatic heterocycles. The van der Waals surface area contributed by atoms with E-state index in [0.29, 0.717) is 46.3 Å². The van der Waals surface area contributed by atoms with E-state index in [1.54, 1.807) is 29.7 Å². The fourth-order valence-electron chi connectivity index (χ4n) is 2.99. The Labute approximate surface area is 195 Å². The number of hydrogen-bond donors (Lipinski definition) is 1. The van der Waals surface area contributed by atoms with E-state index in [-0.39, 0.29) is 23.4 Å². The van der Waals surface area contributed by atoms with Crippen LogP contribution in [0.15, 0.2) is 52.4 Å². The summed E-state index contributed by atoms with van der Waals surface area (Å²) in [5, 5.41) is 3.57. The average Bonchev–Trinajstić information content (AvgIpc) is 2.74. The first kappa shape index (κ1) is 24.2. The minimum atomic E-state index is -0.554. The molecule has 0 fully saturated rings. The predicted octanol–water partition coefficient (Wildman–Crippen LogP) is 5.12. The molecule has 1 heterocycles. The second-order valence-electron chi connectivity index (χ2n) is 7.54. The molecule has 0 bridgehead atoms. The van der Waals surface area contributed by atoms with E-state index >= 15 is 0 Å². The van der Waals surface area contributed by atoms with E-state index in [4.69, 9.17) is 16.3 Å². The molecule has 170 valence electrons. The summed E-state index contributed by atoms with van der Waals surface area (Å²) in [5.41, 5.74) is 0.779. The third-order valence-corrected chi connectivity index (χ3v) is 5.95. The van der Waals surface area contributed by atoms with Gasteiger partial charge in [-0.2, -0.15) is 0 Å². The molecule has 0 aliphatic rings. The monoisotopic (exact) mass is 477 g/mol. The van der Waals surface area contributed by atoms with Crippen molar-refractivity contribution in [3.63, 3.8) is 0 Å². The van der Waals surface area contributed by atoms with Gasteiger partial charge in [0.05, 0.1) is 22.3 Å². The summed E-state index contributed by atoms with van der Waals surface area (Å²) >= 11 is 7.27. The van der Waals surface area contributed by atoms with Gasteiger partial charge in [0.15, 0.2) is 5.16 Å². The van der Waals surface area contributed by atoms with Gasteiger partial charge >= 0.3 is 0 Å². The van der Waals surface area contributed by atoms with E-state index in [1.165, 1.54) is 36.0 Å². The molecule has 6 nitrogen and oxygen atoms in total. The van der Waals surface area contributed by atoms with Gasteiger partial charge in [-0.05, 0) is 69.7 Å². The fourth-order valence-corrected chi connectivity index (χ4v) is 4.09. The van der Waals surface area contributed by atoms with Crippen LogP contribution < -0.4 is 10.9 Å². The molecular weight excluding hydrogens is 453 g/mol. The lowest BCUT2D eigenvalue weighted by atomic mass is 10.2. The number of benzene rings is 2. The standard InChI is InChI=1S/C23H25ClFN3O3S/c1-14(2)31-12-4-11-28-22(30)19-10-5-16(24)13-20(19)27-23(28)32-15(3)21(29)26-18-8-6-17(25)7-9-18/h5-10,13-15H,4,11-12H2,1-3H3,(H,26,29). The maximum atomic E-state index is 13.2. The van der Waals surface area contributed by atoms with Crippen molar-refractivity contribution >= 4 is 45.9 Å². The average molecular weight is 478 g/mol. The predicted molar refractivity (Wildman–Crippen MR) is 127 cm³/mol. The molecule has 0 radical (unpaired) electrons. The molecule has 3 aromatic rings. The molecule has 2 aromatic carbocycles. The Hall–Kier alpha value is -2.42. The van der Waals surface area contributed by atoms with Crippen molar-refractivity contribution in [2.24, 2.45) is 0 Å². The van der Waals surface area contributed by atoms with Crippen molar-refractivity contribution in [1.29, 1.82) is 0 Å². The third-order valence-electron chi connectivity index (χ3n) is 4.62. The maximum absolute atomic E-state index is 13.2. The van der Waals surface area contributed by atoms with E-state index in [9.17, 15) is 14.0 Å². The Bertz CT molecular complexity index is 1150. The number of thioether (sulfide) groups is 1. The second-order valence-corrected chi connectivity index (χ2v) is 9.29. The highest BCUT2D eigenvalue weighted by Crippen LogP contribution is 2.25. The third kappa shape index (κ3) is 6.31. The summed E-state index contributed by atoms with van der Waals surface area (Å²) in [4.78, 5) is 30.4. The second kappa shape index (κ2) is 10.9. The molecule has 0 spiro atoms. The number of fused-ring (bicyclic) bond motifs is 1. The number of rotatable bonds is 9. The van der Waals surface area contributed by atoms with Crippen LogP contribution in [0.2, 0.25) is 5.02 Å². The number of anilines is 1. The van der Waals surface area contributed by atoms with Gasteiger partial charge in [-0.1, -0.05) is 23.4 Å². The molecule has 1 amide bonds. The minimum absolute atomic E-state index is 0.104. The molecule has 0 saturated heterocycles. The number of nitrogens with one attached hydrogen (secondary N) is 1. The molecular formula is C23H25ClFN3O3S. The number of ether oxygens (including phenoxy) is 1. The summed E-state index contributed by atoms with van der Waals surface area (Å²) in [6, 6.07) is 10.5. The molecule has 0 saturated carbocycles.